The molecule has 5 heteroatoms. The molecule has 1 unspecified atom stereocenters. The normalized spacial score (nSPS) is 21.8. The average Bonchev–Trinajstić information content (AvgIpc) is 3.07. The van der Waals surface area contributed by atoms with Gasteiger partial charge in [-0.25, -0.2) is 0 Å². The van der Waals surface area contributed by atoms with Crippen molar-refractivity contribution < 1.29 is 4.74 Å². The Morgan fingerprint density at radius 1 is 0.967 bits per heavy atom. The second-order valence-corrected chi connectivity index (χ2v) is 23.8. The summed E-state index contributed by atoms with van der Waals surface area (Å²) in [6.07, 6.45) is 12.8. The Hall–Kier alpha value is -0.101. The molecule has 1 heterocycles. The number of unbranched alkanes of at least 4 members (excludes halogenated alkanes) is 3. The van der Waals surface area contributed by atoms with E-state index in [0.717, 1.165) is 19.4 Å². The Bertz CT molecular complexity index is 621. The molecule has 0 saturated heterocycles. The van der Waals surface area contributed by atoms with E-state index in [-0.39, 0.29) is 5.60 Å². The number of rotatable bonds is 13. The topological polar surface area (TPSA) is 39.9 Å². The summed E-state index contributed by atoms with van der Waals surface area (Å²) >= 11 is -2.55. The van der Waals surface area contributed by atoms with Gasteiger partial charge in [-0.15, -0.1) is 0 Å². The summed E-state index contributed by atoms with van der Waals surface area (Å²) < 4.78 is 14.3. The van der Waals surface area contributed by atoms with Crippen LogP contribution in [-0.4, -0.2) is 46.1 Å². The van der Waals surface area contributed by atoms with Gasteiger partial charge in [0.2, 0.25) is 0 Å². The first kappa shape index (κ1) is 26.2. The summed E-state index contributed by atoms with van der Waals surface area (Å²) in [5.41, 5.74) is 1.62. The van der Waals surface area contributed by atoms with Crippen LogP contribution in [0.5, 0.6) is 0 Å². The van der Waals surface area contributed by atoms with E-state index in [4.69, 9.17) is 15.0 Å². The zero-order valence-electron chi connectivity index (χ0n) is 21.1. The first-order valence-corrected chi connectivity index (χ1v) is 20.2. The first-order valence-electron chi connectivity index (χ1n) is 12.7. The molecule has 2 rings (SSSR count). The van der Waals surface area contributed by atoms with Crippen LogP contribution in [-0.2, 0) is 11.3 Å². The summed E-state index contributed by atoms with van der Waals surface area (Å²) in [5.74, 6) is 0. The van der Waals surface area contributed by atoms with E-state index in [1.165, 1.54) is 74.1 Å². The third-order valence-corrected chi connectivity index (χ3v) is 23.1. The van der Waals surface area contributed by atoms with Crippen LogP contribution >= 0.6 is 0 Å². The van der Waals surface area contributed by atoms with Crippen LogP contribution in [0.4, 0.5) is 0 Å². The second-order valence-electron chi connectivity index (χ2n) is 10.9. The van der Waals surface area contributed by atoms with Crippen LogP contribution in [0.1, 0.15) is 105 Å². The molecule has 4 nitrogen and oxygen atoms in total. The number of aromatic nitrogens is 3. The van der Waals surface area contributed by atoms with Gasteiger partial charge in [0.15, 0.2) is 0 Å². The van der Waals surface area contributed by atoms with E-state index in [2.05, 4.69) is 46.2 Å². The molecule has 0 bridgehead atoms. The van der Waals surface area contributed by atoms with Gasteiger partial charge < -0.3 is 0 Å². The minimum absolute atomic E-state index is 0.0914. The van der Waals surface area contributed by atoms with Crippen LogP contribution in [0.3, 0.4) is 0 Å². The summed E-state index contributed by atoms with van der Waals surface area (Å²) in [4.78, 5) is 0. The van der Waals surface area contributed by atoms with Gasteiger partial charge in [-0.1, -0.05) is 0 Å². The van der Waals surface area contributed by atoms with Crippen molar-refractivity contribution >= 4 is 22.1 Å². The number of hydrogen-bond acceptors (Lipinski definition) is 3. The molecule has 1 aromatic heterocycles. The molecule has 0 amide bonds. The van der Waals surface area contributed by atoms with E-state index in [9.17, 15) is 0 Å². The Morgan fingerprint density at radius 2 is 1.53 bits per heavy atom. The van der Waals surface area contributed by atoms with Crippen molar-refractivity contribution in [3.05, 3.63) is 5.69 Å². The number of methoxy groups -OCH3 is 1. The fourth-order valence-electron chi connectivity index (χ4n) is 5.86. The number of nitrogens with zero attached hydrogens (tertiary/aromatic N) is 3. The monoisotopic (exact) mass is 527 g/mol. The van der Waals surface area contributed by atoms with Gasteiger partial charge in [-0.2, -0.15) is 0 Å². The van der Waals surface area contributed by atoms with Crippen LogP contribution < -0.4 is 3.71 Å². The molecule has 0 radical (unpaired) electrons. The van der Waals surface area contributed by atoms with Gasteiger partial charge >= 0.3 is 191 Å². The molecule has 1 aliphatic rings. The molecule has 1 aromatic rings. The first-order chi connectivity index (χ1) is 14.3. The van der Waals surface area contributed by atoms with Crippen LogP contribution in [0.2, 0.25) is 13.3 Å². The zero-order chi connectivity index (χ0) is 22.3. The molecular weight excluding hydrogens is 477 g/mol. The van der Waals surface area contributed by atoms with Gasteiger partial charge in [0.05, 0.1) is 0 Å². The molecule has 0 aliphatic heterocycles. The third kappa shape index (κ3) is 6.46. The molecule has 30 heavy (non-hydrogen) atoms. The predicted octanol–water partition coefficient (Wildman–Crippen LogP) is 6.63. The van der Waals surface area contributed by atoms with E-state index < -0.39 is 18.4 Å². The fourth-order valence-corrected chi connectivity index (χ4v) is 22.1. The molecule has 1 saturated carbocycles. The molecule has 0 aromatic carbocycles. The maximum absolute atomic E-state index is 6.19. The minimum atomic E-state index is -2.55. The average molecular weight is 526 g/mol. The van der Waals surface area contributed by atoms with Crippen molar-refractivity contribution in [2.45, 2.75) is 131 Å². The molecule has 1 atom stereocenters. The molecular formula is C25H49N3OSn. The van der Waals surface area contributed by atoms with Crippen molar-refractivity contribution in [1.82, 2.24) is 15.0 Å². The fraction of sp³-hybridized carbons (Fsp3) is 0.920. The summed E-state index contributed by atoms with van der Waals surface area (Å²) in [6, 6.07) is 0. The van der Waals surface area contributed by atoms with Crippen molar-refractivity contribution in [2.24, 2.45) is 5.41 Å². The van der Waals surface area contributed by atoms with E-state index in [0.29, 0.717) is 5.41 Å². The summed E-state index contributed by atoms with van der Waals surface area (Å²) in [5, 5.41) is 9.74. The van der Waals surface area contributed by atoms with Crippen molar-refractivity contribution in [3.8, 4) is 0 Å². The molecule has 1 fully saturated rings. The van der Waals surface area contributed by atoms with Gasteiger partial charge in [-0.05, 0) is 0 Å². The molecule has 1 aliphatic carbocycles. The quantitative estimate of drug-likeness (QED) is 0.271. The van der Waals surface area contributed by atoms with Gasteiger partial charge in [-0.3, -0.25) is 0 Å². The van der Waals surface area contributed by atoms with E-state index in [1.807, 2.05) is 7.11 Å². The van der Waals surface area contributed by atoms with Crippen LogP contribution in [0.15, 0.2) is 0 Å². The molecule has 0 spiro atoms. The second kappa shape index (κ2) is 11.7. The Balaban J connectivity index is 2.35. The maximum atomic E-state index is 6.19. The van der Waals surface area contributed by atoms with Crippen LogP contribution in [0, 0.1) is 12.3 Å². The van der Waals surface area contributed by atoms with Crippen molar-refractivity contribution in [3.63, 3.8) is 0 Å². The Kier molecular flexibility index (Phi) is 10.2. The van der Waals surface area contributed by atoms with E-state index >= 15 is 0 Å². The summed E-state index contributed by atoms with van der Waals surface area (Å²) in [6.45, 7) is 15.0. The number of ether oxygens (including phenoxy) is 1. The molecule has 174 valence electrons. The van der Waals surface area contributed by atoms with Crippen LogP contribution in [0.25, 0.3) is 0 Å². The SMILES string of the molecule is CCC[CH2][Sn]([CH2]CCC)([CH2]CCC)[c]1nnn(CC2(OC)CCCC(C)(C)C2)c1C. The Labute approximate surface area is 190 Å². The van der Waals surface area contributed by atoms with Crippen molar-refractivity contribution in [1.29, 1.82) is 0 Å². The van der Waals surface area contributed by atoms with Gasteiger partial charge in [0.25, 0.3) is 0 Å². The number of hydrogen-bond donors (Lipinski definition) is 0. The standard InChI is InChI=1S/C13H22N3O.3C4H9.Sn/c1-11-8-14-15-16(11)10-13(17-4)7-5-6-12(2,3)9-13;3*1-3-4-2;/h5-7,9-10H2,1-4H3;3*1,3-4H2,2H3;. The van der Waals surface area contributed by atoms with Gasteiger partial charge in [0, 0.05) is 0 Å². The third-order valence-electron chi connectivity index (χ3n) is 7.67. The molecule has 0 N–H and O–H groups in total. The zero-order valence-corrected chi connectivity index (χ0v) is 24.0. The Morgan fingerprint density at radius 3 is 2.00 bits per heavy atom. The predicted molar refractivity (Wildman–Crippen MR) is 131 cm³/mol. The summed E-state index contributed by atoms with van der Waals surface area (Å²) in [7, 11) is 1.90. The van der Waals surface area contributed by atoms with Crippen molar-refractivity contribution in [2.75, 3.05) is 7.11 Å². The van der Waals surface area contributed by atoms with E-state index in [1.54, 1.807) is 0 Å². The van der Waals surface area contributed by atoms with Gasteiger partial charge in [0.1, 0.15) is 0 Å².